The topological polar surface area (TPSA) is 42.3 Å². The summed E-state index contributed by atoms with van der Waals surface area (Å²) in [5.74, 6) is 0.581. The van der Waals surface area contributed by atoms with E-state index in [9.17, 15) is 4.39 Å². The minimum atomic E-state index is -0.234. The summed E-state index contributed by atoms with van der Waals surface area (Å²) in [6.07, 6.45) is 1.79. The summed E-state index contributed by atoms with van der Waals surface area (Å²) in [4.78, 5) is 6.72. The van der Waals surface area contributed by atoms with Crippen molar-refractivity contribution >= 4 is 23.0 Å². The fraction of sp³-hybridized carbons (Fsp3) is 0.214. The van der Waals surface area contributed by atoms with Crippen LogP contribution in [-0.2, 0) is 0 Å². The van der Waals surface area contributed by atoms with Gasteiger partial charge >= 0.3 is 0 Å². The summed E-state index contributed by atoms with van der Waals surface area (Å²) in [6, 6.07) is 20.9. The number of aromatic nitrogens is 2. The molecule has 1 fully saturated rings. The van der Waals surface area contributed by atoms with Gasteiger partial charge in [0.25, 0.3) is 0 Å². The van der Waals surface area contributed by atoms with Crippen LogP contribution in [0.1, 0.15) is 40.3 Å². The summed E-state index contributed by atoms with van der Waals surface area (Å²) < 4.78 is 21.7. The SMILES string of the molecule is COc1ccc(-n2c(C)cc([C@@H]3[C@@H](c4ccccn4)NC(=S)N3c3ccc(F)c(C)c3)c2C)cc1. The normalized spacial score (nSPS) is 17.5. The molecule has 0 spiro atoms. The predicted molar refractivity (Wildman–Crippen MR) is 141 cm³/mol. The third-order valence-electron chi connectivity index (χ3n) is 6.64. The van der Waals surface area contributed by atoms with E-state index in [2.05, 4.69) is 51.8 Å². The van der Waals surface area contributed by atoms with Crippen LogP contribution in [0.25, 0.3) is 5.69 Å². The van der Waals surface area contributed by atoms with E-state index in [0.717, 1.165) is 39.8 Å². The van der Waals surface area contributed by atoms with Gasteiger partial charge in [-0.2, -0.15) is 0 Å². The van der Waals surface area contributed by atoms with E-state index in [1.54, 1.807) is 26.3 Å². The molecule has 35 heavy (non-hydrogen) atoms. The molecule has 1 N–H and O–H groups in total. The van der Waals surface area contributed by atoms with E-state index in [1.807, 2.05) is 36.4 Å². The molecule has 2 aromatic heterocycles. The first-order valence-electron chi connectivity index (χ1n) is 11.5. The number of nitrogens with one attached hydrogen (secondary N) is 1. The number of methoxy groups -OCH3 is 1. The summed E-state index contributed by atoms with van der Waals surface area (Å²) >= 11 is 5.83. The number of rotatable bonds is 5. The standard InChI is InChI=1S/C28H27FN4OS/c1-17-15-21(10-13-24(17)29)33-27(26(31-28(33)35)25-7-5-6-14-30-25)23-16-18(2)32(19(23)3)20-8-11-22(34-4)12-9-20/h5-16,26-27H,1-4H3,(H,31,35)/t26-,27-/m1/s1. The van der Waals surface area contributed by atoms with Gasteiger partial charge in [0.05, 0.1) is 24.9 Å². The van der Waals surface area contributed by atoms with Crippen molar-refractivity contribution in [1.29, 1.82) is 0 Å². The van der Waals surface area contributed by atoms with Crippen LogP contribution in [0.3, 0.4) is 0 Å². The minimum Gasteiger partial charge on any atom is -0.497 e. The minimum absolute atomic E-state index is 0.166. The molecule has 2 atom stereocenters. The molecular formula is C28H27FN4OS. The number of nitrogens with zero attached hydrogens (tertiary/aromatic N) is 3. The molecule has 0 unspecified atom stereocenters. The molecule has 0 amide bonds. The van der Waals surface area contributed by atoms with Crippen LogP contribution in [0.15, 0.2) is 72.9 Å². The molecule has 1 saturated heterocycles. The van der Waals surface area contributed by atoms with Gasteiger partial charge in [0.15, 0.2) is 5.11 Å². The van der Waals surface area contributed by atoms with Crippen LogP contribution in [0.4, 0.5) is 10.1 Å². The average Bonchev–Trinajstić information content (AvgIpc) is 3.36. The smallest absolute Gasteiger partial charge is 0.174 e. The Balaban J connectivity index is 1.66. The van der Waals surface area contributed by atoms with Gasteiger partial charge in [0, 0.05) is 29.0 Å². The molecular weight excluding hydrogens is 459 g/mol. The molecule has 0 bridgehead atoms. The Hall–Kier alpha value is -3.71. The van der Waals surface area contributed by atoms with E-state index in [0.29, 0.717) is 10.7 Å². The maximum absolute atomic E-state index is 14.1. The molecule has 0 saturated carbocycles. The molecule has 0 aliphatic carbocycles. The third kappa shape index (κ3) is 4.06. The van der Waals surface area contributed by atoms with E-state index in [-0.39, 0.29) is 17.9 Å². The van der Waals surface area contributed by atoms with E-state index in [1.165, 1.54) is 6.07 Å². The molecule has 1 aliphatic heterocycles. The van der Waals surface area contributed by atoms with Gasteiger partial charge in [0.1, 0.15) is 11.6 Å². The molecule has 3 heterocycles. The van der Waals surface area contributed by atoms with Crippen molar-refractivity contribution in [3.8, 4) is 11.4 Å². The van der Waals surface area contributed by atoms with Crippen molar-refractivity contribution < 1.29 is 9.13 Å². The fourth-order valence-corrected chi connectivity index (χ4v) is 5.29. The first-order chi connectivity index (χ1) is 16.9. The quantitative estimate of drug-likeness (QED) is 0.344. The Morgan fingerprint density at radius 1 is 0.971 bits per heavy atom. The lowest BCUT2D eigenvalue weighted by Gasteiger charge is -2.28. The van der Waals surface area contributed by atoms with Crippen molar-refractivity contribution in [2.24, 2.45) is 0 Å². The molecule has 1 aliphatic rings. The second kappa shape index (κ2) is 9.15. The molecule has 5 nitrogen and oxygen atoms in total. The Bertz CT molecular complexity index is 1380. The zero-order valence-electron chi connectivity index (χ0n) is 20.1. The number of aryl methyl sites for hydroxylation is 2. The number of thiocarbonyl (C=S) groups is 1. The summed E-state index contributed by atoms with van der Waals surface area (Å²) in [6.45, 7) is 5.99. The van der Waals surface area contributed by atoms with Gasteiger partial charge < -0.3 is 19.5 Å². The number of hydrogen-bond acceptors (Lipinski definition) is 3. The average molecular weight is 487 g/mol. The van der Waals surface area contributed by atoms with E-state index >= 15 is 0 Å². The number of halogens is 1. The van der Waals surface area contributed by atoms with E-state index in [4.69, 9.17) is 17.0 Å². The monoisotopic (exact) mass is 486 g/mol. The molecule has 0 radical (unpaired) electrons. The maximum Gasteiger partial charge on any atom is 0.174 e. The van der Waals surface area contributed by atoms with Gasteiger partial charge in [-0.15, -0.1) is 0 Å². The lowest BCUT2D eigenvalue weighted by molar-refractivity contribution is 0.414. The lowest BCUT2D eigenvalue weighted by atomic mass is 9.96. The second-order valence-corrected chi connectivity index (χ2v) is 9.18. The molecule has 4 aromatic rings. The summed E-state index contributed by atoms with van der Waals surface area (Å²) in [7, 11) is 1.67. The Labute approximate surface area is 210 Å². The second-order valence-electron chi connectivity index (χ2n) is 8.79. The van der Waals surface area contributed by atoms with Crippen LogP contribution in [0, 0.1) is 26.6 Å². The van der Waals surface area contributed by atoms with Gasteiger partial charge in [-0.05, 0) is 105 Å². The highest BCUT2D eigenvalue weighted by molar-refractivity contribution is 7.80. The van der Waals surface area contributed by atoms with Gasteiger partial charge in [-0.25, -0.2) is 4.39 Å². The van der Waals surface area contributed by atoms with Crippen LogP contribution in [0.2, 0.25) is 0 Å². The highest BCUT2D eigenvalue weighted by atomic mass is 32.1. The van der Waals surface area contributed by atoms with Crippen molar-refractivity contribution in [3.63, 3.8) is 0 Å². The maximum atomic E-state index is 14.1. The largest absolute Gasteiger partial charge is 0.497 e. The number of pyridine rings is 1. The van der Waals surface area contributed by atoms with Crippen LogP contribution in [0.5, 0.6) is 5.75 Å². The predicted octanol–water partition coefficient (Wildman–Crippen LogP) is 6.12. The van der Waals surface area contributed by atoms with E-state index < -0.39 is 0 Å². The van der Waals surface area contributed by atoms with Gasteiger partial charge in [-0.3, -0.25) is 4.98 Å². The first-order valence-corrected chi connectivity index (χ1v) is 11.9. The molecule has 2 aromatic carbocycles. The highest BCUT2D eigenvalue weighted by Crippen LogP contribution is 2.44. The molecule has 178 valence electrons. The third-order valence-corrected chi connectivity index (χ3v) is 6.95. The number of ether oxygens (including phenoxy) is 1. The molecule has 7 heteroatoms. The molecule has 5 rings (SSSR count). The van der Waals surface area contributed by atoms with Crippen molar-refractivity contribution in [1.82, 2.24) is 14.9 Å². The summed E-state index contributed by atoms with van der Waals surface area (Å²) in [5, 5.41) is 4.08. The number of anilines is 1. The van der Waals surface area contributed by atoms with Crippen molar-refractivity contribution in [2.45, 2.75) is 32.9 Å². The zero-order valence-corrected chi connectivity index (χ0v) is 20.9. The van der Waals surface area contributed by atoms with Crippen LogP contribution < -0.4 is 15.0 Å². The zero-order chi connectivity index (χ0) is 24.7. The fourth-order valence-electron chi connectivity index (χ4n) is 4.94. The lowest BCUT2D eigenvalue weighted by Crippen LogP contribution is -2.29. The number of hydrogen-bond donors (Lipinski definition) is 1. The summed E-state index contributed by atoms with van der Waals surface area (Å²) in [5.41, 5.74) is 6.72. The Morgan fingerprint density at radius 3 is 2.37 bits per heavy atom. The van der Waals surface area contributed by atoms with Crippen molar-refractivity contribution in [2.75, 3.05) is 12.0 Å². The Morgan fingerprint density at radius 2 is 1.71 bits per heavy atom. The van der Waals surface area contributed by atoms with Gasteiger partial charge in [-0.1, -0.05) is 6.07 Å². The van der Waals surface area contributed by atoms with Gasteiger partial charge in [0.2, 0.25) is 0 Å². The number of benzene rings is 2. The Kier molecular flexibility index (Phi) is 6.03. The van der Waals surface area contributed by atoms with Crippen LogP contribution in [-0.4, -0.2) is 21.8 Å². The van der Waals surface area contributed by atoms with Crippen molar-refractivity contribution in [3.05, 3.63) is 107 Å². The first kappa shape index (κ1) is 23.1. The highest BCUT2D eigenvalue weighted by Gasteiger charge is 2.42. The van der Waals surface area contributed by atoms with Crippen LogP contribution >= 0.6 is 12.2 Å².